The highest BCUT2D eigenvalue weighted by Crippen LogP contribution is 2.33. The number of anilines is 1. The smallest absolute Gasteiger partial charge is 0.258 e. The van der Waals surface area contributed by atoms with E-state index in [0.29, 0.717) is 27.6 Å². The third-order valence-corrected chi connectivity index (χ3v) is 5.22. The molecule has 0 atom stereocenters. The molecule has 0 fully saturated rings. The van der Waals surface area contributed by atoms with Crippen LogP contribution in [0.25, 0.3) is 0 Å². The van der Waals surface area contributed by atoms with Crippen LogP contribution in [0.3, 0.4) is 0 Å². The Bertz CT molecular complexity index is 936. The maximum Gasteiger partial charge on any atom is 0.258 e. The third kappa shape index (κ3) is 5.47. The van der Waals surface area contributed by atoms with E-state index in [4.69, 9.17) is 15.2 Å². The minimum absolute atomic E-state index is 0.00823. The van der Waals surface area contributed by atoms with Gasteiger partial charge in [0.25, 0.3) is 17.7 Å². The molecule has 1 aromatic heterocycles. The molecular formula is C20H25N3O5S. The number of amides is 3. The summed E-state index contributed by atoms with van der Waals surface area (Å²) in [6.45, 7) is 7.17. The lowest BCUT2D eigenvalue weighted by Gasteiger charge is -2.13. The van der Waals surface area contributed by atoms with Crippen molar-refractivity contribution in [3.05, 3.63) is 39.8 Å². The molecule has 29 heavy (non-hydrogen) atoms. The predicted octanol–water partition coefficient (Wildman–Crippen LogP) is 2.63. The minimum Gasteiger partial charge on any atom is -0.493 e. The first-order valence-electron chi connectivity index (χ1n) is 8.95. The molecule has 156 valence electrons. The van der Waals surface area contributed by atoms with Gasteiger partial charge in [0.15, 0.2) is 18.1 Å². The number of hydrogen-bond acceptors (Lipinski definition) is 6. The summed E-state index contributed by atoms with van der Waals surface area (Å²) in [7, 11) is 1.44. The zero-order valence-electron chi connectivity index (χ0n) is 17.0. The molecule has 2 aromatic rings. The Kier molecular flexibility index (Phi) is 7.22. The van der Waals surface area contributed by atoms with Crippen molar-refractivity contribution < 1.29 is 23.9 Å². The standard InChI is InChI=1S/C20H25N3O5S/c1-10(2)22-16(24)9-28-14-7-6-13(8-15(14)27-5)19(26)23-20-17(18(21)25)11(3)12(4)29-20/h6-8,10H,9H2,1-5H3,(H2,21,25)(H,22,24)(H,23,26). The van der Waals surface area contributed by atoms with E-state index in [1.807, 2.05) is 20.8 Å². The van der Waals surface area contributed by atoms with Crippen LogP contribution >= 0.6 is 11.3 Å². The maximum atomic E-state index is 12.7. The molecule has 0 aliphatic carbocycles. The molecule has 4 N–H and O–H groups in total. The monoisotopic (exact) mass is 419 g/mol. The fourth-order valence-electron chi connectivity index (χ4n) is 2.62. The number of nitrogens with two attached hydrogens (primary N) is 1. The van der Waals surface area contributed by atoms with Crippen LogP contribution in [0.15, 0.2) is 18.2 Å². The lowest BCUT2D eigenvalue weighted by atomic mass is 10.1. The summed E-state index contributed by atoms with van der Waals surface area (Å²) in [5.74, 6) is -0.627. The number of benzene rings is 1. The van der Waals surface area contributed by atoms with Gasteiger partial charge in [0.2, 0.25) is 0 Å². The maximum absolute atomic E-state index is 12.7. The molecule has 9 heteroatoms. The zero-order valence-corrected chi connectivity index (χ0v) is 17.9. The number of thiophene rings is 1. The SMILES string of the molecule is COc1cc(C(=O)Nc2sc(C)c(C)c2C(N)=O)ccc1OCC(=O)NC(C)C. The van der Waals surface area contributed by atoms with E-state index >= 15 is 0 Å². The second-order valence-corrected chi connectivity index (χ2v) is 7.91. The first-order valence-corrected chi connectivity index (χ1v) is 9.77. The van der Waals surface area contributed by atoms with Crippen LogP contribution in [0.5, 0.6) is 11.5 Å². The Labute approximate surface area is 173 Å². The van der Waals surface area contributed by atoms with E-state index in [0.717, 1.165) is 10.4 Å². The second kappa shape index (κ2) is 9.42. The Balaban J connectivity index is 2.17. The van der Waals surface area contributed by atoms with Gasteiger partial charge in [-0.05, 0) is 51.5 Å². The fraction of sp³-hybridized carbons (Fsp3) is 0.350. The highest BCUT2D eigenvalue weighted by molar-refractivity contribution is 7.16. The normalized spacial score (nSPS) is 10.6. The number of ether oxygens (including phenoxy) is 2. The van der Waals surface area contributed by atoms with Crippen LogP contribution in [0.1, 0.15) is 45.0 Å². The molecule has 0 unspecified atom stereocenters. The lowest BCUT2D eigenvalue weighted by Crippen LogP contribution is -2.34. The Hall–Kier alpha value is -3.07. The van der Waals surface area contributed by atoms with Crippen molar-refractivity contribution in [2.24, 2.45) is 5.73 Å². The van der Waals surface area contributed by atoms with Gasteiger partial charge in [-0.2, -0.15) is 0 Å². The first-order chi connectivity index (χ1) is 13.6. The molecule has 1 heterocycles. The zero-order chi connectivity index (χ0) is 21.7. The minimum atomic E-state index is -0.594. The van der Waals surface area contributed by atoms with Crippen molar-refractivity contribution >= 4 is 34.1 Å². The Morgan fingerprint density at radius 2 is 1.86 bits per heavy atom. The summed E-state index contributed by atoms with van der Waals surface area (Å²) in [5, 5.41) is 5.86. The van der Waals surface area contributed by atoms with Crippen LogP contribution < -0.4 is 25.8 Å². The van der Waals surface area contributed by atoms with Crippen LogP contribution in [0.2, 0.25) is 0 Å². The van der Waals surface area contributed by atoms with E-state index in [1.165, 1.54) is 24.5 Å². The predicted molar refractivity (Wildman–Crippen MR) is 112 cm³/mol. The van der Waals surface area contributed by atoms with Gasteiger partial charge in [-0.1, -0.05) is 0 Å². The van der Waals surface area contributed by atoms with Gasteiger partial charge in [-0.3, -0.25) is 14.4 Å². The number of aryl methyl sites for hydroxylation is 1. The number of rotatable bonds is 8. The van der Waals surface area contributed by atoms with Crippen LogP contribution in [-0.4, -0.2) is 37.5 Å². The van der Waals surface area contributed by atoms with Gasteiger partial charge < -0.3 is 25.8 Å². The number of methoxy groups -OCH3 is 1. The summed E-state index contributed by atoms with van der Waals surface area (Å²) in [5.41, 5.74) is 6.81. The number of carbonyl (C=O) groups excluding carboxylic acids is 3. The van der Waals surface area contributed by atoms with Crippen molar-refractivity contribution in [3.63, 3.8) is 0 Å². The average Bonchev–Trinajstić information content (AvgIpc) is 2.92. The molecule has 0 saturated carbocycles. The molecule has 0 radical (unpaired) electrons. The highest BCUT2D eigenvalue weighted by atomic mass is 32.1. The van der Waals surface area contributed by atoms with E-state index in [9.17, 15) is 14.4 Å². The van der Waals surface area contributed by atoms with Crippen LogP contribution in [-0.2, 0) is 4.79 Å². The Morgan fingerprint density at radius 3 is 2.45 bits per heavy atom. The average molecular weight is 420 g/mol. The van der Waals surface area contributed by atoms with Crippen molar-refractivity contribution in [1.29, 1.82) is 0 Å². The van der Waals surface area contributed by atoms with Gasteiger partial charge in [0.1, 0.15) is 5.00 Å². The van der Waals surface area contributed by atoms with E-state index < -0.39 is 11.8 Å². The van der Waals surface area contributed by atoms with Gasteiger partial charge >= 0.3 is 0 Å². The van der Waals surface area contributed by atoms with Gasteiger partial charge in [-0.25, -0.2) is 0 Å². The summed E-state index contributed by atoms with van der Waals surface area (Å²) < 4.78 is 10.8. The summed E-state index contributed by atoms with van der Waals surface area (Å²) >= 11 is 1.29. The molecule has 0 aliphatic heterocycles. The lowest BCUT2D eigenvalue weighted by molar-refractivity contribution is -0.123. The summed E-state index contributed by atoms with van der Waals surface area (Å²) in [6.07, 6.45) is 0. The van der Waals surface area contributed by atoms with E-state index in [1.54, 1.807) is 19.1 Å². The van der Waals surface area contributed by atoms with E-state index in [2.05, 4.69) is 10.6 Å². The highest BCUT2D eigenvalue weighted by Gasteiger charge is 2.20. The van der Waals surface area contributed by atoms with Crippen molar-refractivity contribution in [3.8, 4) is 11.5 Å². The van der Waals surface area contributed by atoms with Crippen molar-refractivity contribution in [1.82, 2.24) is 5.32 Å². The summed E-state index contributed by atoms with van der Waals surface area (Å²) in [6, 6.07) is 4.61. The molecule has 0 spiro atoms. The van der Waals surface area contributed by atoms with E-state index in [-0.39, 0.29) is 18.6 Å². The second-order valence-electron chi connectivity index (χ2n) is 6.68. The topological polar surface area (TPSA) is 120 Å². The molecule has 0 aliphatic rings. The largest absolute Gasteiger partial charge is 0.493 e. The van der Waals surface area contributed by atoms with Crippen molar-refractivity contribution in [2.45, 2.75) is 33.7 Å². The van der Waals surface area contributed by atoms with Crippen molar-refractivity contribution in [2.75, 3.05) is 19.0 Å². The molecule has 0 saturated heterocycles. The summed E-state index contributed by atoms with van der Waals surface area (Å²) in [4.78, 5) is 37.0. The van der Waals surface area contributed by atoms with Crippen LogP contribution in [0, 0.1) is 13.8 Å². The number of hydrogen-bond donors (Lipinski definition) is 3. The number of nitrogens with one attached hydrogen (secondary N) is 2. The number of carbonyl (C=O) groups is 3. The fourth-order valence-corrected chi connectivity index (χ4v) is 3.68. The molecule has 2 rings (SSSR count). The quantitative estimate of drug-likeness (QED) is 0.608. The third-order valence-electron chi connectivity index (χ3n) is 4.09. The van der Waals surface area contributed by atoms with Gasteiger partial charge in [-0.15, -0.1) is 11.3 Å². The molecule has 0 bridgehead atoms. The molecule has 8 nitrogen and oxygen atoms in total. The Morgan fingerprint density at radius 1 is 1.17 bits per heavy atom. The molecule has 3 amide bonds. The number of primary amides is 1. The molecule has 1 aromatic carbocycles. The van der Waals surface area contributed by atoms with Crippen LogP contribution in [0.4, 0.5) is 5.00 Å². The first kappa shape index (κ1) is 22.2. The van der Waals surface area contributed by atoms with Gasteiger partial charge in [0.05, 0.1) is 12.7 Å². The molecular weight excluding hydrogens is 394 g/mol. The van der Waals surface area contributed by atoms with Gasteiger partial charge in [0, 0.05) is 16.5 Å².